The molecule has 0 saturated carbocycles. The van der Waals surface area contributed by atoms with E-state index in [1.165, 1.54) is 0 Å². The van der Waals surface area contributed by atoms with Gasteiger partial charge in [-0.3, -0.25) is 9.78 Å². The number of carbonyl (C=O) groups is 1. The molecule has 1 amide bonds. The highest BCUT2D eigenvalue weighted by atomic mass is 16.5. The van der Waals surface area contributed by atoms with Crippen molar-refractivity contribution in [3.8, 4) is 5.75 Å². The largest absolute Gasteiger partial charge is 0.494 e. The number of piperidine rings is 1. The molecule has 0 radical (unpaired) electrons. The van der Waals surface area contributed by atoms with E-state index in [2.05, 4.69) is 23.2 Å². The third-order valence-corrected chi connectivity index (χ3v) is 5.74. The molecule has 2 aromatic heterocycles. The minimum Gasteiger partial charge on any atom is -0.494 e. The predicted octanol–water partition coefficient (Wildman–Crippen LogP) is 4.70. The van der Waals surface area contributed by atoms with E-state index in [0.717, 1.165) is 48.4 Å². The number of amides is 1. The summed E-state index contributed by atoms with van der Waals surface area (Å²) < 4.78 is 11.3. The van der Waals surface area contributed by atoms with Crippen LogP contribution in [0.2, 0.25) is 0 Å². The fraction of sp³-hybridized carbons (Fsp3) is 0.400. The molecule has 1 aliphatic rings. The van der Waals surface area contributed by atoms with Gasteiger partial charge in [-0.1, -0.05) is 24.3 Å². The van der Waals surface area contributed by atoms with Gasteiger partial charge in [0.2, 0.25) is 5.76 Å². The van der Waals surface area contributed by atoms with Gasteiger partial charge in [-0.25, -0.2) is 4.98 Å². The van der Waals surface area contributed by atoms with Crippen LogP contribution in [0.4, 0.5) is 0 Å². The topological polar surface area (TPSA) is 68.5 Å². The van der Waals surface area contributed by atoms with Crippen LogP contribution in [-0.4, -0.2) is 40.5 Å². The van der Waals surface area contributed by atoms with Gasteiger partial charge in [0, 0.05) is 44.2 Å². The number of rotatable bonds is 6. The van der Waals surface area contributed by atoms with Crippen LogP contribution in [0.15, 0.2) is 47.0 Å². The molecule has 6 nitrogen and oxygen atoms in total. The second kappa shape index (κ2) is 9.33. The average molecular weight is 420 g/mol. The van der Waals surface area contributed by atoms with Gasteiger partial charge < -0.3 is 14.1 Å². The molecule has 3 aromatic rings. The lowest BCUT2D eigenvalue weighted by Crippen LogP contribution is -2.39. The Hall–Kier alpha value is -3.15. The van der Waals surface area contributed by atoms with Crippen LogP contribution in [0.3, 0.4) is 0 Å². The van der Waals surface area contributed by atoms with Crippen LogP contribution in [0.25, 0.3) is 0 Å². The van der Waals surface area contributed by atoms with Crippen molar-refractivity contribution in [2.24, 2.45) is 0 Å². The van der Waals surface area contributed by atoms with Crippen LogP contribution in [0.1, 0.15) is 64.6 Å². The van der Waals surface area contributed by atoms with Gasteiger partial charge in [0.05, 0.1) is 12.3 Å². The maximum Gasteiger partial charge on any atom is 0.291 e. The number of nitrogens with zero attached hydrogens (tertiary/aromatic N) is 3. The first-order valence-corrected chi connectivity index (χ1v) is 10.9. The van der Waals surface area contributed by atoms with E-state index < -0.39 is 0 Å². The number of benzene rings is 1. The molecular formula is C25H29N3O3. The Morgan fingerprint density at radius 1 is 1.23 bits per heavy atom. The normalized spacial score (nSPS) is 16.4. The maximum atomic E-state index is 12.9. The highest BCUT2D eigenvalue weighted by Gasteiger charge is 2.29. The van der Waals surface area contributed by atoms with Gasteiger partial charge in [0.1, 0.15) is 5.75 Å². The zero-order valence-corrected chi connectivity index (χ0v) is 18.4. The number of likely N-dealkylation sites (tertiary alicyclic amines) is 1. The van der Waals surface area contributed by atoms with Crippen LogP contribution in [0.5, 0.6) is 5.75 Å². The maximum absolute atomic E-state index is 12.9. The molecule has 31 heavy (non-hydrogen) atoms. The lowest BCUT2D eigenvalue weighted by Gasteiger charge is -2.32. The van der Waals surface area contributed by atoms with Crippen LogP contribution >= 0.6 is 0 Å². The first kappa shape index (κ1) is 21.1. The Bertz CT molecular complexity index is 1040. The van der Waals surface area contributed by atoms with E-state index in [9.17, 15) is 4.79 Å². The molecule has 0 N–H and O–H groups in total. The Labute approximate surface area is 183 Å². The molecule has 0 spiro atoms. The molecule has 1 atom stereocenters. The number of carbonyl (C=O) groups excluding carboxylic acids is 1. The summed E-state index contributed by atoms with van der Waals surface area (Å²) in [5, 5.41) is 0. The summed E-state index contributed by atoms with van der Waals surface area (Å²) in [5.74, 6) is 1.96. The number of aryl methyl sites for hydroxylation is 2. The zero-order valence-electron chi connectivity index (χ0n) is 18.4. The summed E-state index contributed by atoms with van der Waals surface area (Å²) in [6, 6.07) is 12.4. The van der Waals surface area contributed by atoms with Gasteiger partial charge in [0.25, 0.3) is 5.91 Å². The average Bonchev–Trinajstić information content (AvgIpc) is 3.13. The highest BCUT2D eigenvalue weighted by molar-refractivity contribution is 5.92. The van der Waals surface area contributed by atoms with E-state index in [1.807, 2.05) is 43.1 Å². The predicted molar refractivity (Wildman–Crippen MR) is 119 cm³/mol. The van der Waals surface area contributed by atoms with Crippen LogP contribution in [0, 0.1) is 13.8 Å². The van der Waals surface area contributed by atoms with Gasteiger partial charge >= 0.3 is 0 Å². The number of oxazole rings is 1. The molecule has 0 aliphatic carbocycles. The quantitative estimate of drug-likeness (QED) is 0.579. The summed E-state index contributed by atoms with van der Waals surface area (Å²) in [5.41, 5.74) is 3.99. The van der Waals surface area contributed by atoms with Crippen molar-refractivity contribution >= 4 is 5.91 Å². The van der Waals surface area contributed by atoms with Crippen molar-refractivity contribution < 1.29 is 13.9 Å². The lowest BCUT2D eigenvalue weighted by atomic mass is 9.93. The summed E-state index contributed by atoms with van der Waals surface area (Å²) in [6.07, 6.45) is 4.71. The summed E-state index contributed by atoms with van der Waals surface area (Å²) in [7, 11) is 0. The number of aromatic nitrogens is 2. The number of para-hydroxylation sites is 1. The second-order valence-corrected chi connectivity index (χ2v) is 8.05. The number of hydrogen-bond donors (Lipinski definition) is 0. The van der Waals surface area contributed by atoms with E-state index in [0.29, 0.717) is 30.5 Å². The van der Waals surface area contributed by atoms with E-state index in [-0.39, 0.29) is 11.8 Å². The summed E-state index contributed by atoms with van der Waals surface area (Å²) >= 11 is 0. The van der Waals surface area contributed by atoms with Crippen molar-refractivity contribution in [1.29, 1.82) is 0 Å². The zero-order chi connectivity index (χ0) is 21.8. The molecule has 4 rings (SSSR count). The SMILES string of the molecule is CCOc1ccccc1Cc1ccc([C@@H]2CCCN(C(=O)c3oc(C)nc3C)C2)nc1. The highest BCUT2D eigenvalue weighted by Crippen LogP contribution is 2.28. The second-order valence-electron chi connectivity index (χ2n) is 8.05. The molecule has 162 valence electrons. The minimum atomic E-state index is -0.0769. The molecule has 1 aromatic carbocycles. The molecule has 1 fully saturated rings. The van der Waals surface area contributed by atoms with Crippen molar-refractivity contribution in [2.45, 2.75) is 46.0 Å². The molecule has 1 aliphatic heterocycles. The van der Waals surface area contributed by atoms with Crippen LogP contribution < -0.4 is 4.74 Å². The van der Waals surface area contributed by atoms with Gasteiger partial charge in [-0.2, -0.15) is 0 Å². The Morgan fingerprint density at radius 2 is 2.06 bits per heavy atom. The Morgan fingerprint density at radius 3 is 2.77 bits per heavy atom. The fourth-order valence-electron chi connectivity index (χ4n) is 4.22. The number of hydrogen-bond acceptors (Lipinski definition) is 5. The number of pyridine rings is 1. The monoisotopic (exact) mass is 419 g/mol. The lowest BCUT2D eigenvalue weighted by molar-refractivity contribution is 0.0671. The Balaban J connectivity index is 1.44. The van der Waals surface area contributed by atoms with E-state index in [1.54, 1.807) is 6.92 Å². The molecular weight excluding hydrogens is 390 g/mol. The van der Waals surface area contributed by atoms with Crippen molar-refractivity contribution in [3.05, 3.63) is 76.8 Å². The summed E-state index contributed by atoms with van der Waals surface area (Å²) in [4.78, 5) is 23.8. The fourth-order valence-corrected chi connectivity index (χ4v) is 4.22. The van der Waals surface area contributed by atoms with Crippen LogP contribution in [-0.2, 0) is 6.42 Å². The van der Waals surface area contributed by atoms with Crippen molar-refractivity contribution in [1.82, 2.24) is 14.9 Å². The molecule has 0 unspecified atom stereocenters. The first-order chi connectivity index (χ1) is 15.0. The third kappa shape index (κ3) is 4.79. The first-order valence-electron chi connectivity index (χ1n) is 10.9. The van der Waals surface area contributed by atoms with E-state index >= 15 is 0 Å². The van der Waals surface area contributed by atoms with Crippen molar-refractivity contribution in [3.63, 3.8) is 0 Å². The van der Waals surface area contributed by atoms with Gasteiger partial charge in [-0.15, -0.1) is 0 Å². The summed E-state index contributed by atoms with van der Waals surface area (Å²) in [6.45, 7) is 7.61. The smallest absolute Gasteiger partial charge is 0.291 e. The Kier molecular flexibility index (Phi) is 6.35. The number of ether oxygens (including phenoxy) is 1. The molecule has 6 heteroatoms. The minimum absolute atomic E-state index is 0.0769. The van der Waals surface area contributed by atoms with E-state index in [4.69, 9.17) is 14.1 Å². The molecule has 0 bridgehead atoms. The molecule has 1 saturated heterocycles. The van der Waals surface area contributed by atoms with Gasteiger partial charge in [0.15, 0.2) is 5.89 Å². The van der Waals surface area contributed by atoms with Crippen molar-refractivity contribution in [2.75, 3.05) is 19.7 Å². The molecule has 3 heterocycles. The standard InChI is InChI=1S/C25H29N3O3/c1-4-30-23-10-6-5-8-20(23)14-19-11-12-22(26-15-19)21-9-7-13-28(16-21)25(29)24-17(2)27-18(3)31-24/h5-6,8,10-12,15,21H,4,7,9,13-14,16H2,1-3H3/t21-/m1/s1. The van der Waals surface area contributed by atoms with Gasteiger partial charge in [-0.05, 0) is 49.9 Å². The third-order valence-electron chi connectivity index (χ3n) is 5.74.